The molecular weight excluding hydrogens is 226 g/mol. The van der Waals surface area contributed by atoms with Crippen molar-refractivity contribution in [2.75, 3.05) is 0 Å². The zero-order valence-electron chi connectivity index (χ0n) is 11.6. The van der Waals surface area contributed by atoms with Crippen LogP contribution in [0.4, 0.5) is 0 Å². The molecule has 2 rings (SSSR count). The van der Waals surface area contributed by atoms with Gasteiger partial charge < -0.3 is 0 Å². The summed E-state index contributed by atoms with van der Waals surface area (Å²) in [4.78, 5) is 16.6. The maximum absolute atomic E-state index is 12.4. The number of hydrogen-bond donors (Lipinski definition) is 0. The molecule has 1 aliphatic carbocycles. The predicted octanol–water partition coefficient (Wildman–Crippen LogP) is 2.63. The van der Waals surface area contributed by atoms with Gasteiger partial charge in [-0.25, -0.2) is 9.67 Å². The van der Waals surface area contributed by atoms with Crippen LogP contribution in [0.25, 0.3) is 0 Å². The molecule has 100 valence electrons. The Bertz CT molecular complexity index is 416. The van der Waals surface area contributed by atoms with Crippen molar-refractivity contribution in [1.82, 2.24) is 14.8 Å². The summed E-state index contributed by atoms with van der Waals surface area (Å²) in [5.41, 5.74) is -0.116. The van der Waals surface area contributed by atoms with E-state index in [0.717, 1.165) is 25.2 Å². The fraction of sp³-hybridized carbons (Fsp3) is 0.786. The molecule has 0 amide bonds. The minimum atomic E-state index is -0.116. The number of nitrogens with zero attached hydrogens (tertiary/aromatic N) is 3. The first-order chi connectivity index (χ1) is 8.51. The summed E-state index contributed by atoms with van der Waals surface area (Å²) in [6.45, 7) is 7.22. The first-order valence-corrected chi connectivity index (χ1v) is 6.91. The lowest BCUT2D eigenvalue weighted by Crippen LogP contribution is -2.27. The number of Topliss-reactive ketones (excluding diaryl/α,β-unsaturated/α-hetero) is 1. The van der Waals surface area contributed by atoms with Crippen molar-refractivity contribution >= 4 is 5.78 Å². The molecule has 1 saturated carbocycles. The molecule has 4 nitrogen and oxygen atoms in total. The second kappa shape index (κ2) is 5.21. The van der Waals surface area contributed by atoms with Crippen molar-refractivity contribution in [3.05, 3.63) is 12.2 Å². The van der Waals surface area contributed by atoms with Crippen LogP contribution in [-0.2, 0) is 17.8 Å². The third-order valence-electron chi connectivity index (χ3n) is 3.93. The summed E-state index contributed by atoms with van der Waals surface area (Å²) >= 11 is 0. The highest BCUT2D eigenvalue weighted by Gasteiger charge is 2.36. The molecule has 1 heterocycles. The largest absolute Gasteiger partial charge is 0.299 e. The van der Waals surface area contributed by atoms with E-state index < -0.39 is 0 Å². The summed E-state index contributed by atoms with van der Waals surface area (Å²) in [6, 6.07) is 0. The number of carbonyl (C=O) groups is 1. The maximum Gasteiger partial charge on any atom is 0.146 e. The molecule has 4 heteroatoms. The van der Waals surface area contributed by atoms with E-state index in [0.29, 0.717) is 18.1 Å². The smallest absolute Gasteiger partial charge is 0.146 e. The van der Waals surface area contributed by atoms with Crippen molar-refractivity contribution in [2.45, 2.75) is 59.4 Å². The van der Waals surface area contributed by atoms with Gasteiger partial charge in [0.2, 0.25) is 0 Å². The number of hydrogen-bond acceptors (Lipinski definition) is 3. The number of ketones is 1. The Hall–Kier alpha value is -1.19. The third-order valence-corrected chi connectivity index (χ3v) is 3.93. The van der Waals surface area contributed by atoms with Crippen LogP contribution in [-0.4, -0.2) is 20.5 Å². The van der Waals surface area contributed by atoms with Gasteiger partial charge in [0.25, 0.3) is 0 Å². The molecule has 1 fully saturated rings. The van der Waals surface area contributed by atoms with Crippen LogP contribution in [0.3, 0.4) is 0 Å². The summed E-state index contributed by atoms with van der Waals surface area (Å²) in [5, 5.41) is 4.21. The minimum Gasteiger partial charge on any atom is -0.299 e. The van der Waals surface area contributed by atoms with Gasteiger partial charge in [-0.2, -0.15) is 5.10 Å². The van der Waals surface area contributed by atoms with Gasteiger partial charge in [0.05, 0.1) is 6.42 Å². The Labute approximate surface area is 109 Å². The molecule has 1 aliphatic rings. The Balaban J connectivity index is 2.05. The Morgan fingerprint density at radius 1 is 1.44 bits per heavy atom. The van der Waals surface area contributed by atoms with Crippen molar-refractivity contribution in [2.24, 2.45) is 11.3 Å². The van der Waals surface area contributed by atoms with Crippen molar-refractivity contribution < 1.29 is 4.79 Å². The molecule has 0 aromatic carbocycles. The van der Waals surface area contributed by atoms with Gasteiger partial charge in [-0.3, -0.25) is 4.79 Å². The van der Waals surface area contributed by atoms with Crippen LogP contribution < -0.4 is 0 Å². The van der Waals surface area contributed by atoms with Crippen LogP contribution in [0, 0.1) is 11.3 Å². The SMILES string of the molecule is CC(C)Cn1ncnc1CC(=O)C1(C)CCCC1. The molecule has 0 unspecified atom stereocenters. The zero-order valence-corrected chi connectivity index (χ0v) is 11.6. The molecule has 0 bridgehead atoms. The molecule has 0 N–H and O–H groups in total. The van der Waals surface area contributed by atoms with E-state index >= 15 is 0 Å². The van der Waals surface area contributed by atoms with Gasteiger partial charge in [-0.15, -0.1) is 0 Å². The lowest BCUT2D eigenvalue weighted by Gasteiger charge is -2.21. The standard InChI is InChI=1S/C14H23N3O/c1-11(2)9-17-13(15-10-16-17)8-12(18)14(3)6-4-5-7-14/h10-11H,4-9H2,1-3H3. The molecule has 18 heavy (non-hydrogen) atoms. The van der Waals surface area contributed by atoms with Gasteiger partial charge in [0.15, 0.2) is 0 Å². The second-order valence-electron chi connectivity index (χ2n) is 6.12. The van der Waals surface area contributed by atoms with Crippen LogP contribution >= 0.6 is 0 Å². The van der Waals surface area contributed by atoms with Crippen molar-refractivity contribution in [3.8, 4) is 0 Å². The van der Waals surface area contributed by atoms with Gasteiger partial charge in [-0.05, 0) is 18.8 Å². The van der Waals surface area contributed by atoms with E-state index in [1.807, 2.05) is 4.68 Å². The molecule has 0 spiro atoms. The van der Waals surface area contributed by atoms with E-state index in [2.05, 4.69) is 30.9 Å². The van der Waals surface area contributed by atoms with Gasteiger partial charge in [0.1, 0.15) is 17.9 Å². The molecule has 0 saturated heterocycles. The second-order valence-corrected chi connectivity index (χ2v) is 6.12. The lowest BCUT2D eigenvalue weighted by molar-refractivity contribution is -0.127. The monoisotopic (exact) mass is 249 g/mol. The van der Waals surface area contributed by atoms with E-state index in [9.17, 15) is 4.79 Å². The first-order valence-electron chi connectivity index (χ1n) is 6.91. The first kappa shape index (κ1) is 13.2. The molecule has 1 aromatic rings. The summed E-state index contributed by atoms with van der Waals surface area (Å²) in [7, 11) is 0. The average molecular weight is 249 g/mol. The van der Waals surface area contributed by atoms with E-state index in [4.69, 9.17) is 0 Å². The topological polar surface area (TPSA) is 47.8 Å². The maximum atomic E-state index is 12.4. The molecule has 0 atom stereocenters. The highest BCUT2D eigenvalue weighted by molar-refractivity contribution is 5.86. The fourth-order valence-corrected chi connectivity index (χ4v) is 2.71. The van der Waals surface area contributed by atoms with Crippen LogP contribution in [0.15, 0.2) is 6.33 Å². The normalized spacial score (nSPS) is 18.4. The quantitative estimate of drug-likeness (QED) is 0.806. The van der Waals surface area contributed by atoms with Crippen LogP contribution in [0.2, 0.25) is 0 Å². The Morgan fingerprint density at radius 2 is 2.11 bits per heavy atom. The Morgan fingerprint density at radius 3 is 2.72 bits per heavy atom. The number of carbonyl (C=O) groups excluding carboxylic acids is 1. The average Bonchev–Trinajstić information content (AvgIpc) is 2.89. The van der Waals surface area contributed by atoms with Gasteiger partial charge in [0, 0.05) is 12.0 Å². The van der Waals surface area contributed by atoms with E-state index in [-0.39, 0.29) is 5.41 Å². The van der Waals surface area contributed by atoms with Crippen molar-refractivity contribution in [3.63, 3.8) is 0 Å². The fourth-order valence-electron chi connectivity index (χ4n) is 2.71. The predicted molar refractivity (Wildman–Crippen MR) is 70.1 cm³/mol. The van der Waals surface area contributed by atoms with Gasteiger partial charge >= 0.3 is 0 Å². The summed E-state index contributed by atoms with van der Waals surface area (Å²) in [6.07, 6.45) is 6.42. The lowest BCUT2D eigenvalue weighted by atomic mass is 9.82. The molecule has 1 aromatic heterocycles. The van der Waals surface area contributed by atoms with E-state index in [1.165, 1.54) is 12.8 Å². The molecular formula is C14H23N3O. The highest BCUT2D eigenvalue weighted by atomic mass is 16.1. The van der Waals surface area contributed by atoms with Gasteiger partial charge in [-0.1, -0.05) is 33.6 Å². The van der Waals surface area contributed by atoms with Crippen LogP contribution in [0.5, 0.6) is 0 Å². The zero-order chi connectivity index (χ0) is 13.2. The highest BCUT2D eigenvalue weighted by Crippen LogP contribution is 2.38. The molecule has 0 radical (unpaired) electrons. The number of rotatable bonds is 5. The summed E-state index contributed by atoms with van der Waals surface area (Å²) in [5.74, 6) is 1.67. The summed E-state index contributed by atoms with van der Waals surface area (Å²) < 4.78 is 1.88. The Kier molecular flexibility index (Phi) is 3.83. The number of aromatic nitrogens is 3. The van der Waals surface area contributed by atoms with E-state index in [1.54, 1.807) is 6.33 Å². The minimum absolute atomic E-state index is 0.116. The van der Waals surface area contributed by atoms with Crippen LogP contribution in [0.1, 0.15) is 52.3 Å². The molecule has 0 aliphatic heterocycles. The van der Waals surface area contributed by atoms with Crippen molar-refractivity contribution in [1.29, 1.82) is 0 Å². The third kappa shape index (κ3) is 2.79.